The van der Waals surface area contributed by atoms with E-state index in [0.29, 0.717) is 17.4 Å². The first-order chi connectivity index (χ1) is 17.0. The third-order valence-electron chi connectivity index (χ3n) is 6.22. The number of carbonyl (C=O) groups excluding carboxylic acids is 1. The van der Waals surface area contributed by atoms with Gasteiger partial charge in [-0.15, -0.1) is 0 Å². The molecule has 0 aliphatic rings. The van der Waals surface area contributed by atoms with Gasteiger partial charge in [0.2, 0.25) is 5.89 Å². The van der Waals surface area contributed by atoms with E-state index in [9.17, 15) is 4.79 Å². The highest BCUT2D eigenvalue weighted by Gasteiger charge is 2.12. The number of rotatable bonds is 5. The minimum atomic E-state index is -0.256. The lowest BCUT2D eigenvalue weighted by Crippen LogP contribution is -2.34. The number of thiocarbonyl (C=S) groups is 1. The number of aromatic nitrogens is 1. The predicted octanol–water partition coefficient (Wildman–Crippen LogP) is 7.29. The molecule has 0 aliphatic carbocycles. The molecule has 0 aliphatic heterocycles. The summed E-state index contributed by atoms with van der Waals surface area (Å²) in [4.78, 5) is 17.3. The Morgan fingerprint density at radius 2 is 1.74 bits per heavy atom. The lowest BCUT2D eigenvalue weighted by Gasteiger charge is -2.10. The molecule has 0 fully saturated rings. The Bertz CT molecular complexity index is 1540. The van der Waals surface area contributed by atoms with Crippen LogP contribution in [0.5, 0.6) is 0 Å². The fourth-order valence-electron chi connectivity index (χ4n) is 3.97. The molecule has 1 unspecified atom stereocenters. The first kappa shape index (κ1) is 22.7. The largest absolute Gasteiger partial charge is 0.436 e. The van der Waals surface area contributed by atoms with Gasteiger partial charge >= 0.3 is 0 Å². The van der Waals surface area contributed by atoms with Crippen LogP contribution in [-0.4, -0.2) is 16.0 Å². The van der Waals surface area contributed by atoms with Crippen LogP contribution in [0.3, 0.4) is 0 Å². The van der Waals surface area contributed by atoms with Gasteiger partial charge in [0, 0.05) is 16.8 Å². The maximum absolute atomic E-state index is 12.6. The molecule has 1 aromatic heterocycles. The minimum absolute atomic E-state index is 0.232. The van der Waals surface area contributed by atoms with Gasteiger partial charge in [-0.3, -0.25) is 10.1 Å². The molecule has 0 bridgehead atoms. The highest BCUT2D eigenvalue weighted by Crippen LogP contribution is 2.28. The number of fused-ring (bicyclic) bond motifs is 2. The van der Waals surface area contributed by atoms with Gasteiger partial charge in [-0.25, -0.2) is 4.98 Å². The molecular formula is C29H25N3O2S. The summed E-state index contributed by atoms with van der Waals surface area (Å²) in [6.07, 6.45) is 1.08. The van der Waals surface area contributed by atoms with Crippen LogP contribution in [0, 0.1) is 0 Å². The molecule has 0 saturated heterocycles. The molecule has 0 saturated carbocycles. The zero-order valence-electron chi connectivity index (χ0n) is 19.5. The van der Waals surface area contributed by atoms with Gasteiger partial charge in [-0.2, -0.15) is 0 Å². The van der Waals surface area contributed by atoms with Crippen molar-refractivity contribution in [3.63, 3.8) is 0 Å². The third-order valence-corrected chi connectivity index (χ3v) is 6.43. The zero-order valence-corrected chi connectivity index (χ0v) is 20.4. The lowest BCUT2D eigenvalue weighted by molar-refractivity contribution is 0.0978. The molecule has 5 rings (SSSR count). The van der Waals surface area contributed by atoms with Gasteiger partial charge in [0.15, 0.2) is 10.7 Å². The van der Waals surface area contributed by atoms with E-state index in [2.05, 4.69) is 41.6 Å². The Morgan fingerprint density at radius 3 is 2.51 bits per heavy atom. The second-order valence-corrected chi connectivity index (χ2v) is 9.01. The van der Waals surface area contributed by atoms with Gasteiger partial charge in [0.25, 0.3) is 5.91 Å². The second-order valence-electron chi connectivity index (χ2n) is 8.60. The summed E-state index contributed by atoms with van der Waals surface area (Å²) in [5.41, 5.74) is 5.06. The molecule has 1 heterocycles. The number of benzene rings is 4. The Morgan fingerprint density at radius 1 is 0.971 bits per heavy atom. The first-order valence-electron chi connectivity index (χ1n) is 11.6. The molecule has 5 aromatic rings. The normalized spacial score (nSPS) is 11.9. The summed E-state index contributed by atoms with van der Waals surface area (Å²) in [5.74, 6) is 0.795. The number of anilines is 1. The van der Waals surface area contributed by atoms with Crippen LogP contribution in [0.2, 0.25) is 0 Å². The summed E-state index contributed by atoms with van der Waals surface area (Å²) in [5, 5.41) is 8.12. The molecule has 0 radical (unpaired) electrons. The van der Waals surface area contributed by atoms with Crippen LogP contribution in [-0.2, 0) is 0 Å². The summed E-state index contributed by atoms with van der Waals surface area (Å²) in [7, 11) is 0. The summed E-state index contributed by atoms with van der Waals surface area (Å²) < 4.78 is 5.96. The van der Waals surface area contributed by atoms with E-state index in [4.69, 9.17) is 16.6 Å². The lowest BCUT2D eigenvalue weighted by atomic mass is 9.98. The van der Waals surface area contributed by atoms with Crippen LogP contribution < -0.4 is 10.6 Å². The van der Waals surface area contributed by atoms with Crippen molar-refractivity contribution < 1.29 is 9.21 Å². The molecule has 1 amide bonds. The third kappa shape index (κ3) is 4.93. The van der Waals surface area contributed by atoms with Crippen LogP contribution >= 0.6 is 12.2 Å². The van der Waals surface area contributed by atoms with Crippen molar-refractivity contribution in [2.45, 2.75) is 26.2 Å². The monoisotopic (exact) mass is 479 g/mol. The summed E-state index contributed by atoms with van der Waals surface area (Å²) >= 11 is 5.35. The van der Waals surface area contributed by atoms with E-state index in [-0.39, 0.29) is 11.0 Å². The Kier molecular flexibility index (Phi) is 6.29. The van der Waals surface area contributed by atoms with Gasteiger partial charge in [-0.1, -0.05) is 50.2 Å². The summed E-state index contributed by atoms with van der Waals surface area (Å²) in [6, 6.07) is 27.3. The van der Waals surface area contributed by atoms with Crippen molar-refractivity contribution in [1.82, 2.24) is 10.3 Å². The van der Waals surface area contributed by atoms with Crippen LogP contribution in [0.15, 0.2) is 89.3 Å². The number of nitrogens with zero attached hydrogens (tertiary/aromatic N) is 1. The molecule has 6 heteroatoms. The van der Waals surface area contributed by atoms with E-state index >= 15 is 0 Å². The topological polar surface area (TPSA) is 67.2 Å². The van der Waals surface area contributed by atoms with Crippen molar-refractivity contribution in [2.75, 3.05) is 5.32 Å². The van der Waals surface area contributed by atoms with Crippen molar-refractivity contribution in [3.8, 4) is 11.5 Å². The number of nitrogens with one attached hydrogen (secondary N) is 2. The van der Waals surface area contributed by atoms with E-state index in [1.165, 1.54) is 5.56 Å². The molecule has 4 aromatic carbocycles. The molecule has 174 valence electrons. The molecule has 0 spiro atoms. The van der Waals surface area contributed by atoms with E-state index in [1.807, 2.05) is 66.7 Å². The first-order valence-corrected chi connectivity index (χ1v) is 12.0. The number of carbonyl (C=O) groups is 1. The van der Waals surface area contributed by atoms with Gasteiger partial charge in [0.1, 0.15) is 5.52 Å². The second kappa shape index (κ2) is 9.68. The number of hydrogen-bond donors (Lipinski definition) is 2. The zero-order chi connectivity index (χ0) is 24.4. The van der Waals surface area contributed by atoms with Crippen LogP contribution in [0.25, 0.3) is 33.3 Å². The Hall–Kier alpha value is -4.03. The highest BCUT2D eigenvalue weighted by molar-refractivity contribution is 7.80. The van der Waals surface area contributed by atoms with Crippen molar-refractivity contribution in [2.24, 2.45) is 0 Å². The fourth-order valence-corrected chi connectivity index (χ4v) is 4.19. The molecule has 2 N–H and O–H groups in total. The number of oxazole rings is 1. The van der Waals surface area contributed by atoms with Crippen LogP contribution in [0.1, 0.15) is 42.1 Å². The van der Waals surface area contributed by atoms with E-state index < -0.39 is 0 Å². The van der Waals surface area contributed by atoms with Crippen molar-refractivity contribution in [1.29, 1.82) is 0 Å². The highest BCUT2D eigenvalue weighted by atomic mass is 32.1. The van der Waals surface area contributed by atoms with Gasteiger partial charge < -0.3 is 9.73 Å². The average molecular weight is 480 g/mol. The van der Waals surface area contributed by atoms with Crippen molar-refractivity contribution >= 4 is 50.8 Å². The smallest absolute Gasteiger partial charge is 0.257 e. The molecule has 5 nitrogen and oxygen atoms in total. The average Bonchev–Trinajstić information content (AvgIpc) is 3.31. The molecule has 1 atom stereocenters. The Labute approximate surface area is 209 Å². The number of amides is 1. The standard InChI is InChI=1S/C29H25N3O2S/c1-3-18(2)21-12-15-26-25(17-21)31-28(34-26)20-10-13-24(14-11-20)30-29(35)32-27(33)23-9-8-19-6-4-5-7-22(19)16-23/h4-18H,3H2,1-2H3,(H2,30,32,33,35). The summed E-state index contributed by atoms with van der Waals surface area (Å²) in [6.45, 7) is 4.39. The quantitative estimate of drug-likeness (QED) is 0.259. The Balaban J connectivity index is 1.25. The van der Waals surface area contributed by atoms with E-state index in [1.54, 1.807) is 6.07 Å². The fraction of sp³-hybridized carbons (Fsp3) is 0.138. The maximum atomic E-state index is 12.6. The molecule has 35 heavy (non-hydrogen) atoms. The van der Waals surface area contributed by atoms with Crippen molar-refractivity contribution in [3.05, 3.63) is 96.1 Å². The number of hydrogen-bond acceptors (Lipinski definition) is 4. The van der Waals surface area contributed by atoms with Gasteiger partial charge in [0.05, 0.1) is 0 Å². The predicted molar refractivity (Wildman–Crippen MR) is 146 cm³/mol. The maximum Gasteiger partial charge on any atom is 0.257 e. The van der Waals surface area contributed by atoms with Crippen LogP contribution in [0.4, 0.5) is 5.69 Å². The van der Waals surface area contributed by atoms with Gasteiger partial charge in [-0.05, 0) is 89.4 Å². The SMILES string of the molecule is CCC(C)c1ccc2oc(-c3ccc(NC(=S)NC(=O)c4ccc5ccccc5c4)cc3)nc2c1. The van der Waals surface area contributed by atoms with E-state index in [0.717, 1.165) is 39.5 Å². The minimum Gasteiger partial charge on any atom is -0.436 e. The molecular weight excluding hydrogens is 454 g/mol.